The van der Waals surface area contributed by atoms with Gasteiger partial charge >= 0.3 is 138 Å². The van der Waals surface area contributed by atoms with E-state index in [0.29, 0.717) is 0 Å². The molecule has 0 aromatic heterocycles. The molecular weight excluding hydrogens is 1310 g/mol. The summed E-state index contributed by atoms with van der Waals surface area (Å²) in [7, 11) is -15.8. The molecule has 482 valence electrons. The molecule has 0 radical (unpaired) electrons. The van der Waals surface area contributed by atoms with E-state index in [2.05, 4.69) is 0 Å². The summed E-state index contributed by atoms with van der Waals surface area (Å²) in [5.41, 5.74) is 0. The molecule has 0 fully saturated rings. The van der Waals surface area contributed by atoms with Gasteiger partial charge in [0.2, 0.25) is 0 Å². The molecule has 8 nitrogen and oxygen atoms in total. The Morgan fingerprint density at radius 2 is 0.375 bits per heavy atom. The Bertz CT molecular complexity index is 2200. The van der Waals surface area contributed by atoms with Crippen molar-refractivity contribution in [1.82, 2.24) is 0 Å². The molecule has 50 heteroatoms. The lowest BCUT2D eigenvalue weighted by Gasteiger charge is -2.43. The zero-order valence-corrected chi connectivity index (χ0v) is 38.0. The first-order chi connectivity index (χ1) is 34.1. The van der Waals surface area contributed by atoms with E-state index in [1.165, 1.54) is 0 Å². The SMILES string of the molecule is O=S(=O)(O)C(F)(F)C(F)(F)OC(F)(F)C(F)(F)C(F)(F)C(F)(F)C(F)(F)C(F)(F)C(F)(F)C(F)(F)CCCCCCCCCCC(F)(F)C(F)(F)C(F)(F)C(F)(F)C(F)(F)C(F)(F)C(F)(F)C(F)(F)OC(F)(F)C(F)(F)S(=O)(=O)O. The minimum Gasteiger partial charge on any atom is -0.281 e. The standard InChI is InChI=1S/C30H22F40O8S2/c31-11(32,13(35,36)15(39,40)17(43,44)19(47,48)21(51,52)23(55,56)25(59,60)77-27(63,64)29(67,68)79(71,72)73)9-7-5-3-1-2-4-6-8-10-12(33,34)14(37,38)16(41,42)18(45,46)20(49,50)22(53,54)24(57,58)26(61,62)78-28(65,66)30(69,70)80(74,75)76/h1-10H2,(H,71,72,73)(H,74,75,76). The minimum atomic E-state index is -9.40. The van der Waals surface area contributed by atoms with E-state index in [1.807, 2.05) is 0 Å². The number of alkyl halides is 40. The Balaban J connectivity index is 6.05. The lowest BCUT2D eigenvalue weighted by Crippen LogP contribution is -2.75. The zero-order valence-electron chi connectivity index (χ0n) is 36.4. The van der Waals surface area contributed by atoms with Crippen LogP contribution in [0.1, 0.15) is 64.2 Å². The molecule has 0 aromatic rings. The monoisotopic (exact) mass is 1330 g/mol. The summed E-state index contributed by atoms with van der Waals surface area (Å²) in [5, 5.41) is -15.4. The summed E-state index contributed by atoms with van der Waals surface area (Å²) in [6.45, 7) is 0. The molecule has 2 N–H and O–H groups in total. The van der Waals surface area contributed by atoms with Crippen molar-refractivity contribution in [3.05, 3.63) is 0 Å². The molecule has 0 spiro atoms. The fourth-order valence-electron chi connectivity index (χ4n) is 5.34. The fourth-order valence-corrected chi connectivity index (χ4v) is 6.02. The average molecular weight is 1330 g/mol. The zero-order chi connectivity index (χ0) is 65.5. The van der Waals surface area contributed by atoms with Gasteiger partial charge in [-0.15, -0.1) is 0 Å². The van der Waals surface area contributed by atoms with Crippen molar-refractivity contribution in [2.45, 2.75) is 182 Å². The van der Waals surface area contributed by atoms with Crippen molar-refractivity contribution in [2.75, 3.05) is 0 Å². The van der Waals surface area contributed by atoms with Gasteiger partial charge in [0.05, 0.1) is 0 Å². The second kappa shape index (κ2) is 21.5. The summed E-state index contributed by atoms with van der Waals surface area (Å²) >= 11 is 0. The molecule has 0 aromatic carbocycles. The topological polar surface area (TPSA) is 127 Å². The van der Waals surface area contributed by atoms with Crippen LogP contribution in [0.15, 0.2) is 0 Å². The molecule has 0 atom stereocenters. The normalized spacial score (nSPS) is 16.7. The highest BCUT2D eigenvalue weighted by molar-refractivity contribution is 7.87. The average Bonchev–Trinajstić information content (AvgIpc) is 3.21. The molecule has 0 bridgehead atoms. The van der Waals surface area contributed by atoms with Gasteiger partial charge in [-0.05, 0) is 12.8 Å². The van der Waals surface area contributed by atoms with E-state index in [9.17, 15) is 192 Å². The van der Waals surface area contributed by atoms with E-state index < -0.39 is 202 Å². The Morgan fingerprint density at radius 3 is 0.550 bits per heavy atom. The van der Waals surface area contributed by atoms with E-state index in [0.717, 1.165) is 9.47 Å². The van der Waals surface area contributed by atoms with Crippen LogP contribution in [-0.2, 0) is 29.7 Å². The van der Waals surface area contributed by atoms with Crippen LogP contribution in [0.2, 0.25) is 0 Å². The lowest BCUT2D eigenvalue weighted by atomic mass is 9.87. The third-order valence-corrected chi connectivity index (χ3v) is 11.9. The molecule has 80 heavy (non-hydrogen) atoms. The van der Waals surface area contributed by atoms with Crippen LogP contribution in [0.5, 0.6) is 0 Å². The van der Waals surface area contributed by atoms with E-state index in [-0.39, 0.29) is 0 Å². The van der Waals surface area contributed by atoms with Gasteiger partial charge in [-0.3, -0.25) is 9.11 Å². The van der Waals surface area contributed by atoms with Crippen molar-refractivity contribution in [3.63, 3.8) is 0 Å². The number of ether oxygens (including phenoxy) is 2. The molecule has 0 amide bonds. The quantitative estimate of drug-likeness (QED) is 0.0378. The molecule has 0 rings (SSSR count). The third kappa shape index (κ3) is 11.9. The Hall–Kier alpha value is -3.06. The molecule has 0 aliphatic carbocycles. The van der Waals surface area contributed by atoms with Crippen molar-refractivity contribution in [1.29, 1.82) is 0 Å². The summed E-state index contributed by atoms with van der Waals surface area (Å²) in [6, 6.07) is 0. The number of hydrogen-bond donors (Lipinski definition) is 2. The highest BCUT2D eigenvalue weighted by atomic mass is 32.2. The highest BCUT2D eigenvalue weighted by Crippen LogP contribution is 2.67. The Kier molecular flexibility index (Phi) is 20.6. The number of unbranched alkanes of at least 4 members (excludes halogenated alkanes) is 7. The predicted octanol–water partition coefficient (Wildman–Crippen LogP) is 15.1. The Morgan fingerprint density at radius 1 is 0.225 bits per heavy atom. The maximum Gasteiger partial charge on any atom is 0.460 e. The largest absolute Gasteiger partial charge is 0.460 e. The van der Waals surface area contributed by atoms with Gasteiger partial charge in [0, 0.05) is 12.8 Å². The van der Waals surface area contributed by atoms with Crippen LogP contribution >= 0.6 is 0 Å². The van der Waals surface area contributed by atoms with Crippen LogP contribution < -0.4 is 0 Å². The molecule has 0 aliphatic heterocycles. The van der Waals surface area contributed by atoms with Gasteiger partial charge in [0.25, 0.3) is 0 Å². The van der Waals surface area contributed by atoms with Crippen LogP contribution in [0.25, 0.3) is 0 Å². The van der Waals surface area contributed by atoms with Crippen LogP contribution in [0, 0.1) is 0 Å². The van der Waals surface area contributed by atoms with Gasteiger partial charge in [-0.1, -0.05) is 38.5 Å². The maximum absolute atomic E-state index is 14.2. The summed E-state index contributed by atoms with van der Waals surface area (Å²) in [6.07, 6.45) is -48.9. The van der Waals surface area contributed by atoms with Crippen molar-refractivity contribution in [2.24, 2.45) is 0 Å². The van der Waals surface area contributed by atoms with Crippen molar-refractivity contribution < 1.29 is 211 Å². The van der Waals surface area contributed by atoms with Gasteiger partial charge in [0.1, 0.15) is 0 Å². The number of rotatable bonds is 33. The molecule has 0 saturated heterocycles. The van der Waals surface area contributed by atoms with Gasteiger partial charge in [-0.2, -0.15) is 192 Å². The van der Waals surface area contributed by atoms with E-state index in [1.54, 1.807) is 0 Å². The lowest BCUT2D eigenvalue weighted by molar-refractivity contribution is -0.504. The number of halogens is 40. The van der Waals surface area contributed by atoms with Gasteiger partial charge in [0.15, 0.2) is 0 Å². The first-order valence-corrected chi connectivity index (χ1v) is 21.9. The fraction of sp³-hybridized carbons (Fsp3) is 1.00. The summed E-state index contributed by atoms with van der Waals surface area (Å²) in [5.74, 6) is -123. The van der Waals surface area contributed by atoms with E-state index in [4.69, 9.17) is 9.11 Å². The second-order valence-corrected chi connectivity index (χ2v) is 18.8. The molecule has 0 unspecified atom stereocenters. The predicted molar refractivity (Wildman–Crippen MR) is 170 cm³/mol. The first-order valence-electron chi connectivity index (χ1n) is 19.0. The van der Waals surface area contributed by atoms with Gasteiger partial charge in [-0.25, -0.2) is 9.47 Å². The smallest absolute Gasteiger partial charge is 0.281 e. The molecule has 0 aliphatic rings. The molecular formula is C30H22F40O8S2. The van der Waals surface area contributed by atoms with Crippen molar-refractivity contribution >= 4 is 20.2 Å². The molecule has 0 heterocycles. The van der Waals surface area contributed by atoms with E-state index >= 15 is 0 Å². The van der Waals surface area contributed by atoms with Gasteiger partial charge < -0.3 is 0 Å². The maximum atomic E-state index is 14.2. The minimum absolute atomic E-state index is 0.727. The Labute approximate surface area is 413 Å². The summed E-state index contributed by atoms with van der Waals surface area (Å²) in [4.78, 5) is 0. The summed E-state index contributed by atoms with van der Waals surface area (Å²) < 4.78 is 612. The molecule has 0 saturated carbocycles. The van der Waals surface area contributed by atoms with Crippen molar-refractivity contribution in [3.8, 4) is 0 Å². The van der Waals surface area contributed by atoms with Crippen LogP contribution in [-0.4, -0.2) is 144 Å². The van der Waals surface area contributed by atoms with Crippen LogP contribution in [0.4, 0.5) is 176 Å². The number of hydrogen-bond acceptors (Lipinski definition) is 6. The highest BCUT2D eigenvalue weighted by Gasteiger charge is 2.98. The van der Waals surface area contributed by atoms with Crippen LogP contribution in [0.3, 0.4) is 0 Å². The second-order valence-electron chi connectivity index (χ2n) is 15.9. The third-order valence-electron chi connectivity index (χ3n) is 10.2. The first kappa shape index (κ1) is 76.9.